The maximum Gasteiger partial charge on any atom is 0.220 e. The fraction of sp³-hybridized carbons (Fsp3) is 0.368. The molecular weight excluding hydrogens is 288 g/mol. The number of carbonyl (C=O) groups excluding carboxylic acids is 1. The van der Waals surface area contributed by atoms with Crippen molar-refractivity contribution >= 4 is 5.91 Å². The highest BCUT2D eigenvalue weighted by molar-refractivity contribution is 5.76. The third-order valence-electron chi connectivity index (χ3n) is 3.94. The van der Waals surface area contributed by atoms with E-state index >= 15 is 0 Å². The molecule has 120 valence electrons. The van der Waals surface area contributed by atoms with Crippen molar-refractivity contribution in [2.75, 3.05) is 6.54 Å². The number of nitrogens with one attached hydrogen (secondary N) is 1. The Morgan fingerprint density at radius 2 is 2.09 bits per heavy atom. The Labute approximate surface area is 136 Å². The van der Waals surface area contributed by atoms with E-state index in [1.807, 2.05) is 26.0 Å². The minimum absolute atomic E-state index is 0.00380. The van der Waals surface area contributed by atoms with Gasteiger partial charge in [0.05, 0.1) is 6.54 Å². The molecule has 0 fully saturated rings. The summed E-state index contributed by atoms with van der Waals surface area (Å²) in [5.74, 6) is 1.39. The number of rotatable bonds is 5. The number of pyridine rings is 1. The smallest absolute Gasteiger partial charge is 0.220 e. The van der Waals surface area contributed by atoms with E-state index in [4.69, 9.17) is 4.74 Å². The van der Waals surface area contributed by atoms with E-state index in [9.17, 15) is 4.79 Å². The molecule has 1 unspecified atom stereocenters. The van der Waals surface area contributed by atoms with Gasteiger partial charge in [0.1, 0.15) is 11.9 Å². The lowest BCUT2D eigenvalue weighted by molar-refractivity contribution is -0.122. The number of ether oxygens (including phenoxy) is 1. The lowest BCUT2D eigenvalue weighted by Gasteiger charge is -2.14. The molecule has 1 aromatic carbocycles. The number of aromatic nitrogens is 1. The molecule has 2 aromatic rings. The Kier molecular flexibility index (Phi) is 4.60. The second kappa shape index (κ2) is 6.82. The summed E-state index contributed by atoms with van der Waals surface area (Å²) in [6.45, 7) is 4.64. The van der Waals surface area contributed by atoms with Crippen LogP contribution in [0.4, 0.5) is 0 Å². The minimum atomic E-state index is 0.00380. The highest BCUT2D eigenvalue weighted by Crippen LogP contribution is 2.38. The molecule has 1 aliphatic rings. The molecule has 0 aliphatic carbocycles. The predicted octanol–water partition coefficient (Wildman–Crippen LogP) is 3.21. The van der Waals surface area contributed by atoms with Crippen LogP contribution in [0, 0.1) is 5.92 Å². The van der Waals surface area contributed by atoms with Crippen LogP contribution >= 0.6 is 0 Å². The molecule has 0 radical (unpaired) electrons. The molecule has 23 heavy (non-hydrogen) atoms. The predicted molar refractivity (Wildman–Crippen MR) is 90.3 cm³/mol. The lowest BCUT2D eigenvalue weighted by atomic mass is 10.0. The average molecular weight is 310 g/mol. The van der Waals surface area contributed by atoms with Crippen LogP contribution < -0.4 is 10.1 Å². The van der Waals surface area contributed by atoms with Gasteiger partial charge in [-0.05, 0) is 29.2 Å². The number of amides is 1. The van der Waals surface area contributed by atoms with E-state index in [0.717, 1.165) is 23.3 Å². The first-order valence-electron chi connectivity index (χ1n) is 8.09. The molecule has 4 nitrogen and oxygen atoms in total. The Morgan fingerprint density at radius 3 is 2.83 bits per heavy atom. The highest BCUT2D eigenvalue weighted by atomic mass is 16.5. The van der Waals surface area contributed by atoms with Gasteiger partial charge in [-0.15, -0.1) is 0 Å². The Balaban J connectivity index is 1.68. The van der Waals surface area contributed by atoms with Gasteiger partial charge in [-0.2, -0.15) is 0 Å². The van der Waals surface area contributed by atoms with Crippen LogP contribution in [0.15, 0.2) is 42.7 Å². The molecule has 0 bridgehead atoms. The zero-order valence-corrected chi connectivity index (χ0v) is 13.6. The number of nitrogens with zero attached hydrogens (tertiary/aromatic N) is 1. The van der Waals surface area contributed by atoms with Gasteiger partial charge >= 0.3 is 0 Å². The molecule has 0 saturated heterocycles. The number of benzene rings is 1. The van der Waals surface area contributed by atoms with Gasteiger partial charge in [-0.1, -0.05) is 32.0 Å². The number of fused-ring (bicyclic) bond motifs is 1. The number of hydrogen-bond donors (Lipinski definition) is 1. The molecule has 1 atom stereocenters. The molecule has 4 heteroatoms. The van der Waals surface area contributed by atoms with Crippen LogP contribution in [0.25, 0.3) is 11.1 Å². The molecule has 1 aliphatic heterocycles. The van der Waals surface area contributed by atoms with Crippen molar-refractivity contribution in [3.63, 3.8) is 0 Å². The summed E-state index contributed by atoms with van der Waals surface area (Å²) in [5, 5.41) is 2.98. The quantitative estimate of drug-likeness (QED) is 0.922. The van der Waals surface area contributed by atoms with Crippen LogP contribution in [0.2, 0.25) is 0 Å². The van der Waals surface area contributed by atoms with E-state index in [0.29, 0.717) is 18.9 Å². The summed E-state index contributed by atoms with van der Waals surface area (Å²) in [6, 6.07) is 10.2. The second-order valence-electron chi connectivity index (χ2n) is 6.38. The van der Waals surface area contributed by atoms with E-state index in [-0.39, 0.29) is 12.0 Å². The molecule has 0 spiro atoms. The van der Waals surface area contributed by atoms with Crippen LogP contribution in [0.3, 0.4) is 0 Å². The molecule has 1 aromatic heterocycles. The van der Waals surface area contributed by atoms with Gasteiger partial charge < -0.3 is 10.1 Å². The van der Waals surface area contributed by atoms with Crippen LogP contribution in [-0.2, 0) is 11.2 Å². The van der Waals surface area contributed by atoms with Crippen LogP contribution in [0.1, 0.15) is 25.8 Å². The van der Waals surface area contributed by atoms with Crippen molar-refractivity contribution in [3.05, 3.63) is 48.3 Å². The summed E-state index contributed by atoms with van der Waals surface area (Å²) in [6.07, 6.45) is 4.96. The third kappa shape index (κ3) is 3.70. The Morgan fingerprint density at radius 1 is 1.30 bits per heavy atom. The van der Waals surface area contributed by atoms with Gasteiger partial charge in [-0.25, -0.2) is 0 Å². The summed E-state index contributed by atoms with van der Waals surface area (Å²) in [4.78, 5) is 15.9. The van der Waals surface area contributed by atoms with Crippen molar-refractivity contribution in [1.29, 1.82) is 0 Å². The van der Waals surface area contributed by atoms with E-state index in [2.05, 4.69) is 28.5 Å². The molecule has 1 N–H and O–H groups in total. The number of hydrogen-bond acceptors (Lipinski definition) is 3. The Bertz CT molecular complexity index is 683. The fourth-order valence-corrected chi connectivity index (χ4v) is 2.88. The molecule has 1 amide bonds. The maximum atomic E-state index is 11.8. The van der Waals surface area contributed by atoms with Crippen LogP contribution in [0.5, 0.6) is 5.75 Å². The zero-order chi connectivity index (χ0) is 16.2. The van der Waals surface area contributed by atoms with Crippen LogP contribution in [-0.4, -0.2) is 23.5 Å². The van der Waals surface area contributed by atoms with Gasteiger partial charge in [0.25, 0.3) is 0 Å². The fourth-order valence-electron chi connectivity index (χ4n) is 2.88. The Hall–Kier alpha value is -2.36. The number of para-hydroxylation sites is 1. The lowest BCUT2D eigenvalue weighted by Crippen LogP contribution is -2.34. The first kappa shape index (κ1) is 15.5. The second-order valence-corrected chi connectivity index (χ2v) is 6.38. The molecule has 0 saturated carbocycles. The van der Waals surface area contributed by atoms with Crippen molar-refractivity contribution in [2.24, 2.45) is 5.92 Å². The standard InChI is InChI=1S/C19H22N2O2/c1-13(2)10-18(22)21-12-16-11-15-4-3-5-17(19(15)23-16)14-6-8-20-9-7-14/h3-9,13,16H,10-12H2,1-2H3,(H,21,22). The van der Waals surface area contributed by atoms with E-state index < -0.39 is 0 Å². The van der Waals surface area contributed by atoms with Gasteiger partial charge in [0.15, 0.2) is 0 Å². The van der Waals surface area contributed by atoms with E-state index in [1.54, 1.807) is 12.4 Å². The minimum Gasteiger partial charge on any atom is -0.487 e. The van der Waals surface area contributed by atoms with Crippen molar-refractivity contribution in [2.45, 2.75) is 32.8 Å². The normalized spacial score (nSPS) is 16.0. The van der Waals surface area contributed by atoms with Gasteiger partial charge in [0, 0.05) is 30.8 Å². The van der Waals surface area contributed by atoms with Gasteiger partial charge in [-0.3, -0.25) is 9.78 Å². The van der Waals surface area contributed by atoms with E-state index in [1.165, 1.54) is 5.56 Å². The largest absolute Gasteiger partial charge is 0.487 e. The highest BCUT2D eigenvalue weighted by Gasteiger charge is 2.26. The van der Waals surface area contributed by atoms with Gasteiger partial charge in [0.2, 0.25) is 5.91 Å². The first-order valence-corrected chi connectivity index (χ1v) is 8.09. The van der Waals surface area contributed by atoms with Crippen molar-refractivity contribution < 1.29 is 9.53 Å². The summed E-state index contributed by atoms with van der Waals surface area (Å²) < 4.78 is 6.11. The first-order chi connectivity index (χ1) is 11.1. The monoisotopic (exact) mass is 310 g/mol. The van der Waals surface area contributed by atoms with Crippen molar-refractivity contribution in [1.82, 2.24) is 10.3 Å². The topological polar surface area (TPSA) is 51.2 Å². The third-order valence-corrected chi connectivity index (χ3v) is 3.94. The summed E-state index contributed by atoms with van der Waals surface area (Å²) in [7, 11) is 0. The SMILES string of the molecule is CC(C)CC(=O)NCC1Cc2cccc(-c3ccncc3)c2O1. The molecule has 2 heterocycles. The molecule has 3 rings (SSSR count). The summed E-state index contributed by atoms with van der Waals surface area (Å²) >= 11 is 0. The zero-order valence-electron chi connectivity index (χ0n) is 13.6. The summed E-state index contributed by atoms with van der Waals surface area (Å²) in [5.41, 5.74) is 3.38. The number of carbonyl (C=O) groups is 1. The average Bonchev–Trinajstić information content (AvgIpc) is 2.96. The maximum absolute atomic E-state index is 11.8. The van der Waals surface area contributed by atoms with Crippen molar-refractivity contribution in [3.8, 4) is 16.9 Å². The molecular formula is C19H22N2O2.